The fraction of sp³-hybridized carbons (Fsp3) is 0.0667. The van der Waals surface area contributed by atoms with E-state index in [2.05, 4.69) is 10.3 Å². The van der Waals surface area contributed by atoms with Crippen molar-refractivity contribution >= 4 is 5.69 Å². The van der Waals surface area contributed by atoms with Crippen LogP contribution in [0.2, 0.25) is 0 Å². The van der Waals surface area contributed by atoms with Crippen LogP contribution in [0.1, 0.15) is 5.56 Å². The maximum atomic E-state index is 6.07. The van der Waals surface area contributed by atoms with Crippen molar-refractivity contribution in [3.63, 3.8) is 0 Å². The Bertz CT molecular complexity index is 701. The number of rotatable bonds is 2. The van der Waals surface area contributed by atoms with Crippen LogP contribution < -0.4 is 5.73 Å². The lowest BCUT2D eigenvalue weighted by molar-refractivity contribution is 0.809. The molecule has 1 aromatic heterocycles. The zero-order valence-electron chi connectivity index (χ0n) is 10.6. The summed E-state index contributed by atoms with van der Waals surface area (Å²) in [7, 11) is 0. The molecule has 0 saturated heterocycles. The molecule has 2 N–H and O–H groups in total. The average Bonchev–Trinajstić information content (AvgIpc) is 2.89. The molecule has 4 heteroatoms. The highest BCUT2D eigenvalue weighted by Crippen LogP contribution is 2.24. The van der Waals surface area contributed by atoms with Crippen molar-refractivity contribution in [2.24, 2.45) is 0 Å². The molecular formula is C15H14N4. The Morgan fingerprint density at radius 2 is 1.84 bits per heavy atom. The minimum Gasteiger partial charge on any atom is -0.397 e. The summed E-state index contributed by atoms with van der Waals surface area (Å²) in [6.45, 7) is 2.01. The van der Waals surface area contributed by atoms with Crippen LogP contribution in [0.15, 0.2) is 54.7 Å². The summed E-state index contributed by atoms with van der Waals surface area (Å²) >= 11 is 0. The quantitative estimate of drug-likeness (QED) is 0.711. The maximum absolute atomic E-state index is 6.07. The fourth-order valence-electron chi connectivity index (χ4n) is 2.09. The van der Waals surface area contributed by atoms with E-state index in [0.29, 0.717) is 5.69 Å². The van der Waals surface area contributed by atoms with Gasteiger partial charge in [0.1, 0.15) is 0 Å². The zero-order chi connectivity index (χ0) is 13.2. The molecule has 0 radical (unpaired) electrons. The standard InChI is InChI=1S/C15H14N4/c1-11-7-8-14(13(16)9-11)19-15(10-17-18-19)12-5-3-2-4-6-12/h2-10H,16H2,1H3. The lowest BCUT2D eigenvalue weighted by Crippen LogP contribution is -2.03. The molecule has 0 unspecified atom stereocenters. The summed E-state index contributed by atoms with van der Waals surface area (Å²) in [5.74, 6) is 0. The Morgan fingerprint density at radius 3 is 2.58 bits per heavy atom. The van der Waals surface area contributed by atoms with Crippen molar-refractivity contribution in [3.8, 4) is 16.9 Å². The molecular weight excluding hydrogens is 236 g/mol. The van der Waals surface area contributed by atoms with Gasteiger partial charge >= 0.3 is 0 Å². The first kappa shape index (κ1) is 11.5. The first-order valence-corrected chi connectivity index (χ1v) is 6.08. The molecule has 0 bridgehead atoms. The van der Waals surface area contributed by atoms with Crippen LogP contribution in [-0.2, 0) is 0 Å². The predicted octanol–water partition coefficient (Wildman–Crippen LogP) is 2.82. The van der Waals surface area contributed by atoms with Gasteiger partial charge in [-0.05, 0) is 24.6 Å². The van der Waals surface area contributed by atoms with E-state index < -0.39 is 0 Å². The molecule has 0 aliphatic heterocycles. The number of hydrogen-bond acceptors (Lipinski definition) is 3. The van der Waals surface area contributed by atoms with Gasteiger partial charge in [0.25, 0.3) is 0 Å². The number of nitrogens with zero attached hydrogens (tertiary/aromatic N) is 3. The zero-order valence-corrected chi connectivity index (χ0v) is 10.6. The van der Waals surface area contributed by atoms with Gasteiger partial charge in [-0.2, -0.15) is 0 Å². The summed E-state index contributed by atoms with van der Waals surface area (Å²) in [6.07, 6.45) is 1.74. The number of benzene rings is 2. The number of aromatic nitrogens is 3. The first-order chi connectivity index (χ1) is 9.25. The number of nitrogen functional groups attached to an aromatic ring is 1. The van der Waals surface area contributed by atoms with Crippen molar-refractivity contribution in [1.29, 1.82) is 0 Å². The number of anilines is 1. The molecule has 0 atom stereocenters. The van der Waals surface area contributed by atoms with E-state index in [1.807, 2.05) is 55.5 Å². The van der Waals surface area contributed by atoms with Gasteiger partial charge in [-0.15, -0.1) is 5.10 Å². The van der Waals surface area contributed by atoms with Gasteiger partial charge in [0.15, 0.2) is 0 Å². The summed E-state index contributed by atoms with van der Waals surface area (Å²) < 4.78 is 1.77. The molecule has 94 valence electrons. The molecule has 0 spiro atoms. The molecule has 1 heterocycles. The molecule has 0 amide bonds. The molecule has 3 aromatic rings. The minimum absolute atomic E-state index is 0.697. The smallest absolute Gasteiger partial charge is 0.0945 e. The van der Waals surface area contributed by atoms with Crippen molar-refractivity contribution < 1.29 is 0 Å². The Kier molecular flexibility index (Phi) is 2.76. The van der Waals surface area contributed by atoms with E-state index in [9.17, 15) is 0 Å². The lowest BCUT2D eigenvalue weighted by atomic mass is 10.1. The topological polar surface area (TPSA) is 56.7 Å². The molecule has 2 aromatic carbocycles. The number of nitrogens with two attached hydrogens (primary N) is 1. The lowest BCUT2D eigenvalue weighted by Gasteiger charge is -2.09. The van der Waals surface area contributed by atoms with Crippen LogP contribution in [0.5, 0.6) is 0 Å². The highest BCUT2D eigenvalue weighted by Gasteiger charge is 2.10. The largest absolute Gasteiger partial charge is 0.397 e. The third-order valence-electron chi connectivity index (χ3n) is 3.03. The van der Waals surface area contributed by atoms with E-state index >= 15 is 0 Å². The summed E-state index contributed by atoms with van der Waals surface area (Å²) in [5, 5.41) is 8.14. The van der Waals surface area contributed by atoms with Crippen LogP contribution in [0, 0.1) is 6.92 Å². The van der Waals surface area contributed by atoms with Gasteiger partial charge in [-0.25, -0.2) is 4.68 Å². The summed E-state index contributed by atoms with van der Waals surface area (Å²) in [4.78, 5) is 0. The Hall–Kier alpha value is -2.62. The van der Waals surface area contributed by atoms with Crippen LogP contribution in [0.4, 0.5) is 5.69 Å². The summed E-state index contributed by atoms with van der Waals surface area (Å²) in [6, 6.07) is 15.9. The third-order valence-corrected chi connectivity index (χ3v) is 3.03. The van der Waals surface area contributed by atoms with Crippen molar-refractivity contribution in [2.75, 3.05) is 5.73 Å². The second-order valence-electron chi connectivity index (χ2n) is 4.46. The summed E-state index contributed by atoms with van der Waals surface area (Å²) in [5.41, 5.74) is 10.7. The van der Waals surface area contributed by atoms with Crippen LogP contribution in [-0.4, -0.2) is 15.0 Å². The Labute approximate surface area is 111 Å². The third kappa shape index (κ3) is 2.08. The highest BCUT2D eigenvalue weighted by atomic mass is 15.4. The van der Waals surface area contributed by atoms with E-state index in [-0.39, 0.29) is 0 Å². The van der Waals surface area contributed by atoms with E-state index in [1.54, 1.807) is 10.9 Å². The molecule has 0 fully saturated rings. The van der Waals surface area contributed by atoms with E-state index in [4.69, 9.17) is 5.73 Å². The maximum Gasteiger partial charge on any atom is 0.0945 e. The van der Waals surface area contributed by atoms with Gasteiger partial charge in [0, 0.05) is 5.56 Å². The molecule has 0 aliphatic carbocycles. The van der Waals surface area contributed by atoms with Gasteiger partial charge in [0.2, 0.25) is 0 Å². The SMILES string of the molecule is Cc1ccc(-n2nncc2-c2ccccc2)c(N)c1. The molecule has 3 rings (SSSR count). The average molecular weight is 250 g/mol. The fourth-order valence-corrected chi connectivity index (χ4v) is 2.09. The molecule has 4 nitrogen and oxygen atoms in total. The molecule has 0 aliphatic rings. The van der Waals surface area contributed by atoms with Crippen molar-refractivity contribution in [1.82, 2.24) is 15.0 Å². The minimum atomic E-state index is 0.697. The molecule has 19 heavy (non-hydrogen) atoms. The second kappa shape index (κ2) is 4.57. The van der Waals surface area contributed by atoms with E-state index in [0.717, 1.165) is 22.5 Å². The predicted molar refractivity (Wildman–Crippen MR) is 75.9 cm³/mol. The van der Waals surface area contributed by atoms with Gasteiger partial charge < -0.3 is 5.73 Å². The van der Waals surface area contributed by atoms with Crippen LogP contribution >= 0.6 is 0 Å². The monoisotopic (exact) mass is 250 g/mol. The second-order valence-corrected chi connectivity index (χ2v) is 4.46. The highest BCUT2D eigenvalue weighted by molar-refractivity contribution is 5.66. The molecule has 0 saturated carbocycles. The van der Waals surface area contributed by atoms with Crippen molar-refractivity contribution in [2.45, 2.75) is 6.92 Å². The first-order valence-electron chi connectivity index (χ1n) is 6.08. The van der Waals surface area contributed by atoms with E-state index in [1.165, 1.54) is 0 Å². The van der Waals surface area contributed by atoms with Gasteiger partial charge in [-0.3, -0.25) is 0 Å². The Balaban J connectivity index is 2.15. The number of aryl methyl sites for hydroxylation is 1. The van der Waals surface area contributed by atoms with Crippen LogP contribution in [0.25, 0.3) is 16.9 Å². The van der Waals surface area contributed by atoms with Gasteiger partial charge in [0.05, 0.1) is 23.3 Å². The Morgan fingerprint density at radius 1 is 1.05 bits per heavy atom. The van der Waals surface area contributed by atoms with Crippen LogP contribution in [0.3, 0.4) is 0 Å². The van der Waals surface area contributed by atoms with Crippen molar-refractivity contribution in [3.05, 3.63) is 60.3 Å². The van der Waals surface area contributed by atoms with Gasteiger partial charge in [-0.1, -0.05) is 41.6 Å². The normalized spacial score (nSPS) is 10.6. The number of hydrogen-bond donors (Lipinski definition) is 1.